The van der Waals surface area contributed by atoms with Crippen LogP contribution >= 0.6 is 0 Å². The van der Waals surface area contributed by atoms with Gasteiger partial charge in [0.2, 0.25) is 5.95 Å². The van der Waals surface area contributed by atoms with E-state index in [4.69, 9.17) is 9.97 Å². The molecule has 9 heteroatoms. The lowest BCUT2D eigenvalue weighted by Gasteiger charge is -2.19. The van der Waals surface area contributed by atoms with Crippen molar-refractivity contribution in [3.05, 3.63) is 64.0 Å². The average molecular weight is 459 g/mol. The fraction of sp³-hybridized carbons (Fsp3) is 0.400. The molecule has 1 aliphatic heterocycles. The van der Waals surface area contributed by atoms with Crippen LogP contribution in [-0.2, 0) is 18.4 Å². The van der Waals surface area contributed by atoms with E-state index in [0.29, 0.717) is 28.6 Å². The molecule has 0 radical (unpaired) electrons. The Morgan fingerprint density at radius 2 is 1.91 bits per heavy atom. The van der Waals surface area contributed by atoms with E-state index in [9.17, 15) is 4.79 Å². The van der Waals surface area contributed by atoms with Crippen molar-refractivity contribution < 1.29 is 0 Å². The highest BCUT2D eigenvalue weighted by Crippen LogP contribution is 2.24. The Balaban J connectivity index is 1.63. The first-order valence-electron chi connectivity index (χ1n) is 11.7. The molecule has 0 saturated carbocycles. The van der Waals surface area contributed by atoms with Crippen molar-refractivity contribution in [3.63, 3.8) is 0 Å². The quantitative estimate of drug-likeness (QED) is 0.481. The highest BCUT2D eigenvalue weighted by Gasteiger charge is 2.23. The largest absolute Gasteiger partial charge is 0.324 e. The summed E-state index contributed by atoms with van der Waals surface area (Å²) in [7, 11) is 0. The van der Waals surface area contributed by atoms with Crippen LogP contribution in [0.25, 0.3) is 16.9 Å². The van der Waals surface area contributed by atoms with E-state index in [1.54, 1.807) is 27.8 Å². The van der Waals surface area contributed by atoms with Gasteiger partial charge in [-0.05, 0) is 50.1 Å². The highest BCUT2D eigenvalue weighted by atomic mass is 16.1. The van der Waals surface area contributed by atoms with Gasteiger partial charge in [-0.25, -0.2) is 24.3 Å². The van der Waals surface area contributed by atoms with E-state index in [1.165, 1.54) is 11.1 Å². The maximum Gasteiger partial charge on any atom is 0.278 e. The molecule has 0 fully saturated rings. The Hall–Kier alpha value is -3.59. The van der Waals surface area contributed by atoms with Gasteiger partial charge in [0.25, 0.3) is 5.56 Å². The minimum Gasteiger partial charge on any atom is -0.324 e. The minimum atomic E-state index is -0.231. The van der Waals surface area contributed by atoms with E-state index in [2.05, 4.69) is 53.5 Å². The van der Waals surface area contributed by atoms with E-state index in [0.717, 1.165) is 25.2 Å². The molecule has 4 aromatic rings. The Morgan fingerprint density at radius 1 is 1.09 bits per heavy atom. The standard InChI is InChI=1S/C25H30N8O/c1-15(2)32-22(34)19-14-28-24(29-18-7-6-17-13-26-10-8-16(17)12-18)31-21(19)33(32)20-9-11-27-23(30-20)25(3,4)5/h6-7,9,11-12,14-15,26H,8,10,13H2,1-5H3,(H,28,29,31). The molecule has 3 aromatic heterocycles. The molecule has 0 saturated heterocycles. The van der Waals surface area contributed by atoms with Crippen LogP contribution in [0.3, 0.4) is 0 Å². The first-order valence-corrected chi connectivity index (χ1v) is 11.7. The minimum absolute atomic E-state index is 0.0968. The molecular weight excluding hydrogens is 428 g/mol. The number of anilines is 2. The number of benzene rings is 1. The Bertz CT molecular complexity index is 1430. The summed E-state index contributed by atoms with van der Waals surface area (Å²) < 4.78 is 3.45. The van der Waals surface area contributed by atoms with Gasteiger partial charge in [0, 0.05) is 42.1 Å². The van der Waals surface area contributed by atoms with Gasteiger partial charge in [0.15, 0.2) is 11.5 Å². The van der Waals surface area contributed by atoms with Crippen LogP contribution in [0.15, 0.2) is 41.5 Å². The maximum atomic E-state index is 13.3. The van der Waals surface area contributed by atoms with Crippen LogP contribution in [0.2, 0.25) is 0 Å². The molecule has 1 aliphatic rings. The number of rotatable bonds is 4. The Morgan fingerprint density at radius 3 is 2.68 bits per heavy atom. The Labute approximate surface area is 198 Å². The predicted molar refractivity (Wildman–Crippen MR) is 133 cm³/mol. The third kappa shape index (κ3) is 3.96. The van der Waals surface area contributed by atoms with Crippen molar-refractivity contribution >= 4 is 22.7 Å². The highest BCUT2D eigenvalue weighted by molar-refractivity contribution is 5.77. The summed E-state index contributed by atoms with van der Waals surface area (Å²) in [6.45, 7) is 12.0. The zero-order chi connectivity index (χ0) is 24.0. The summed E-state index contributed by atoms with van der Waals surface area (Å²) in [5, 5.41) is 7.16. The van der Waals surface area contributed by atoms with Crippen LogP contribution in [-0.4, -0.2) is 35.8 Å². The summed E-state index contributed by atoms with van der Waals surface area (Å²) in [4.78, 5) is 31.7. The second kappa shape index (κ2) is 8.32. The molecule has 0 spiro atoms. The number of hydrogen-bond acceptors (Lipinski definition) is 7. The molecule has 0 atom stereocenters. The van der Waals surface area contributed by atoms with Gasteiger partial charge in [-0.2, -0.15) is 4.98 Å². The fourth-order valence-electron chi connectivity index (χ4n) is 4.26. The lowest BCUT2D eigenvalue weighted by atomic mass is 9.96. The van der Waals surface area contributed by atoms with Crippen LogP contribution in [0.1, 0.15) is 57.6 Å². The number of nitrogens with one attached hydrogen (secondary N) is 2. The SMILES string of the molecule is CC(C)n1c(=O)c2cnc(Nc3ccc4c(c3)CCNC4)nc2n1-c1ccnc(C(C)(C)C)n1. The first kappa shape index (κ1) is 22.2. The summed E-state index contributed by atoms with van der Waals surface area (Å²) >= 11 is 0. The lowest BCUT2D eigenvalue weighted by Crippen LogP contribution is -2.25. The molecule has 0 amide bonds. The normalized spacial score (nSPS) is 13.9. The second-order valence-corrected chi connectivity index (χ2v) is 10.0. The summed E-state index contributed by atoms with van der Waals surface area (Å²) in [5.41, 5.74) is 3.70. The molecule has 0 aliphatic carbocycles. The van der Waals surface area contributed by atoms with Crippen LogP contribution < -0.4 is 16.2 Å². The van der Waals surface area contributed by atoms with E-state index < -0.39 is 0 Å². The van der Waals surface area contributed by atoms with Crippen LogP contribution in [0.4, 0.5) is 11.6 Å². The predicted octanol–water partition coefficient (Wildman–Crippen LogP) is 3.64. The van der Waals surface area contributed by atoms with E-state index >= 15 is 0 Å². The number of aromatic nitrogens is 6. The van der Waals surface area contributed by atoms with Crippen LogP contribution in [0, 0.1) is 0 Å². The molecular formula is C25H30N8O. The van der Waals surface area contributed by atoms with E-state index in [1.807, 2.05) is 19.9 Å². The molecule has 0 unspecified atom stereocenters. The summed E-state index contributed by atoms with van der Waals surface area (Å²) in [6.07, 6.45) is 4.31. The monoisotopic (exact) mass is 458 g/mol. The molecule has 34 heavy (non-hydrogen) atoms. The number of hydrogen-bond donors (Lipinski definition) is 2. The number of fused-ring (bicyclic) bond motifs is 2. The molecule has 2 N–H and O–H groups in total. The van der Waals surface area contributed by atoms with Gasteiger partial charge in [-0.3, -0.25) is 4.79 Å². The van der Waals surface area contributed by atoms with E-state index in [-0.39, 0.29) is 17.0 Å². The molecule has 4 heterocycles. The van der Waals surface area contributed by atoms with Crippen molar-refractivity contribution in [1.29, 1.82) is 0 Å². The van der Waals surface area contributed by atoms with Gasteiger partial charge in [-0.1, -0.05) is 26.8 Å². The lowest BCUT2D eigenvalue weighted by molar-refractivity contribution is 0.467. The summed E-state index contributed by atoms with van der Waals surface area (Å²) in [5.74, 6) is 1.73. The zero-order valence-corrected chi connectivity index (χ0v) is 20.3. The van der Waals surface area contributed by atoms with Crippen molar-refractivity contribution in [2.24, 2.45) is 0 Å². The van der Waals surface area contributed by atoms with Crippen LogP contribution in [0.5, 0.6) is 0 Å². The third-order valence-corrected chi connectivity index (χ3v) is 5.99. The van der Waals surface area contributed by atoms with Gasteiger partial charge in [0.05, 0.1) is 0 Å². The topological polar surface area (TPSA) is 103 Å². The molecule has 9 nitrogen and oxygen atoms in total. The average Bonchev–Trinajstić information content (AvgIpc) is 3.10. The first-order chi connectivity index (χ1) is 16.2. The zero-order valence-electron chi connectivity index (χ0n) is 20.3. The van der Waals surface area contributed by atoms with Crippen molar-refractivity contribution in [3.8, 4) is 5.82 Å². The smallest absolute Gasteiger partial charge is 0.278 e. The molecule has 1 aromatic carbocycles. The maximum absolute atomic E-state index is 13.3. The van der Waals surface area contributed by atoms with Gasteiger partial charge in [0.1, 0.15) is 11.2 Å². The van der Waals surface area contributed by atoms with Gasteiger partial charge < -0.3 is 10.6 Å². The molecule has 5 rings (SSSR count). The second-order valence-electron chi connectivity index (χ2n) is 10.0. The van der Waals surface area contributed by atoms with Crippen molar-refractivity contribution in [1.82, 2.24) is 34.6 Å². The van der Waals surface area contributed by atoms with Gasteiger partial charge in [-0.15, -0.1) is 0 Å². The molecule has 0 bridgehead atoms. The third-order valence-electron chi connectivity index (χ3n) is 5.99. The van der Waals surface area contributed by atoms with Crippen molar-refractivity contribution in [2.75, 3.05) is 11.9 Å². The molecule has 176 valence electrons. The fourth-order valence-corrected chi connectivity index (χ4v) is 4.26. The van der Waals surface area contributed by atoms with Crippen molar-refractivity contribution in [2.45, 2.75) is 59.0 Å². The Kier molecular flexibility index (Phi) is 5.44. The number of nitrogens with zero attached hydrogens (tertiary/aromatic N) is 6. The summed E-state index contributed by atoms with van der Waals surface area (Å²) in [6, 6.07) is 8.02. The van der Waals surface area contributed by atoms with Gasteiger partial charge >= 0.3 is 0 Å².